The van der Waals surface area contributed by atoms with Gasteiger partial charge in [-0.05, 0) is 40.4 Å². The van der Waals surface area contributed by atoms with Crippen LogP contribution in [-0.4, -0.2) is 16.7 Å². The van der Waals surface area contributed by atoms with Crippen molar-refractivity contribution in [3.05, 3.63) is 28.5 Å². The highest BCUT2D eigenvalue weighted by Crippen LogP contribution is 2.18. The normalized spacial score (nSPS) is 11.9. The molecule has 1 aromatic rings. The third-order valence-corrected chi connectivity index (χ3v) is 2.26. The number of halogens is 2. The Kier molecular flexibility index (Phi) is 7.09. The van der Waals surface area contributed by atoms with E-state index in [0.29, 0.717) is 0 Å². The predicted molar refractivity (Wildman–Crippen MR) is 62.4 cm³/mol. The molecule has 80 valence electrons. The van der Waals surface area contributed by atoms with Crippen LogP contribution in [0.25, 0.3) is 0 Å². The van der Waals surface area contributed by atoms with Gasteiger partial charge in [-0.3, -0.25) is 4.98 Å². The average molecular weight is 282 g/mol. The van der Waals surface area contributed by atoms with E-state index < -0.39 is 0 Å². The molecule has 0 spiro atoms. The second-order valence-corrected chi connectivity index (χ2v) is 3.82. The van der Waals surface area contributed by atoms with Crippen molar-refractivity contribution < 1.29 is 5.11 Å². The van der Waals surface area contributed by atoms with Crippen molar-refractivity contribution in [2.45, 2.75) is 18.9 Å². The summed E-state index contributed by atoms with van der Waals surface area (Å²) in [4.78, 5) is 4.02. The van der Waals surface area contributed by atoms with Gasteiger partial charge in [-0.1, -0.05) is 0 Å². The van der Waals surface area contributed by atoms with Gasteiger partial charge in [-0.2, -0.15) is 0 Å². The molecule has 5 heteroatoms. The van der Waals surface area contributed by atoms with E-state index >= 15 is 0 Å². The SMILES string of the molecule is Cl.N[C@H](CCCO)c1cncc(Br)c1. The van der Waals surface area contributed by atoms with Crippen molar-refractivity contribution in [3.8, 4) is 0 Å². The van der Waals surface area contributed by atoms with Crippen LogP contribution < -0.4 is 5.73 Å². The molecule has 3 N–H and O–H groups in total. The molecule has 14 heavy (non-hydrogen) atoms. The van der Waals surface area contributed by atoms with Gasteiger partial charge in [0, 0.05) is 29.5 Å². The lowest BCUT2D eigenvalue weighted by molar-refractivity contribution is 0.280. The van der Waals surface area contributed by atoms with Gasteiger partial charge in [0.15, 0.2) is 0 Å². The summed E-state index contributed by atoms with van der Waals surface area (Å²) >= 11 is 3.33. The summed E-state index contributed by atoms with van der Waals surface area (Å²) in [5, 5.41) is 8.64. The number of rotatable bonds is 4. The maximum atomic E-state index is 8.64. The lowest BCUT2D eigenvalue weighted by Gasteiger charge is -2.10. The van der Waals surface area contributed by atoms with E-state index in [9.17, 15) is 0 Å². The minimum atomic E-state index is -0.0304. The van der Waals surface area contributed by atoms with Gasteiger partial charge < -0.3 is 10.8 Å². The van der Waals surface area contributed by atoms with E-state index in [1.54, 1.807) is 12.4 Å². The Balaban J connectivity index is 0.00000169. The van der Waals surface area contributed by atoms with Crippen LogP contribution in [0.2, 0.25) is 0 Å². The summed E-state index contributed by atoms with van der Waals surface area (Å²) in [6.07, 6.45) is 5.00. The first-order valence-corrected chi connectivity index (χ1v) is 5.00. The maximum Gasteiger partial charge on any atom is 0.0431 e. The lowest BCUT2D eigenvalue weighted by Crippen LogP contribution is -2.11. The predicted octanol–water partition coefficient (Wildman–Crippen LogP) is 2.04. The maximum absolute atomic E-state index is 8.64. The van der Waals surface area contributed by atoms with Crippen molar-refractivity contribution >= 4 is 28.3 Å². The molecule has 0 aliphatic rings. The Morgan fingerprint density at radius 1 is 1.50 bits per heavy atom. The zero-order valence-corrected chi connectivity index (χ0v) is 10.1. The first kappa shape index (κ1) is 13.8. The average Bonchev–Trinajstić information content (AvgIpc) is 2.14. The zero-order valence-electron chi connectivity index (χ0n) is 7.69. The van der Waals surface area contributed by atoms with Crippen LogP contribution in [0, 0.1) is 0 Å². The number of nitrogens with two attached hydrogens (primary N) is 1. The van der Waals surface area contributed by atoms with Crippen molar-refractivity contribution in [2.75, 3.05) is 6.61 Å². The molecule has 0 aliphatic carbocycles. The highest BCUT2D eigenvalue weighted by molar-refractivity contribution is 9.10. The van der Waals surface area contributed by atoms with Crippen molar-refractivity contribution in [3.63, 3.8) is 0 Å². The van der Waals surface area contributed by atoms with Crippen LogP contribution in [0.3, 0.4) is 0 Å². The molecule has 0 aliphatic heterocycles. The van der Waals surface area contributed by atoms with Crippen LogP contribution in [-0.2, 0) is 0 Å². The number of aliphatic hydroxyl groups is 1. The topological polar surface area (TPSA) is 59.1 Å². The minimum Gasteiger partial charge on any atom is -0.396 e. The molecule has 0 saturated heterocycles. The molecule has 1 heterocycles. The molecule has 0 amide bonds. The van der Waals surface area contributed by atoms with Crippen LogP contribution >= 0.6 is 28.3 Å². The van der Waals surface area contributed by atoms with Crippen molar-refractivity contribution in [2.24, 2.45) is 5.73 Å². The van der Waals surface area contributed by atoms with Crippen LogP contribution in [0.5, 0.6) is 0 Å². The summed E-state index contributed by atoms with van der Waals surface area (Å²) in [6, 6.07) is 1.92. The van der Waals surface area contributed by atoms with E-state index in [2.05, 4.69) is 20.9 Å². The van der Waals surface area contributed by atoms with E-state index in [0.717, 1.165) is 22.9 Å². The lowest BCUT2D eigenvalue weighted by atomic mass is 10.1. The molecule has 0 unspecified atom stereocenters. The molecular weight excluding hydrogens is 267 g/mol. The third-order valence-electron chi connectivity index (χ3n) is 1.83. The summed E-state index contributed by atoms with van der Waals surface area (Å²) in [5.41, 5.74) is 6.88. The number of aliphatic hydroxyl groups excluding tert-OH is 1. The van der Waals surface area contributed by atoms with Crippen LogP contribution in [0.15, 0.2) is 22.9 Å². The van der Waals surface area contributed by atoms with Gasteiger partial charge in [0.2, 0.25) is 0 Å². The largest absolute Gasteiger partial charge is 0.396 e. The molecule has 0 saturated carbocycles. The Labute approximate surface area is 98.3 Å². The molecule has 1 rings (SSSR count). The molecule has 1 aromatic heterocycles. The molecule has 0 aromatic carbocycles. The van der Waals surface area contributed by atoms with Crippen LogP contribution in [0.4, 0.5) is 0 Å². The molecular formula is C9H14BrClN2O. The third kappa shape index (κ3) is 4.37. The van der Waals surface area contributed by atoms with E-state index in [4.69, 9.17) is 10.8 Å². The molecule has 0 bridgehead atoms. The quantitative estimate of drug-likeness (QED) is 0.888. The minimum absolute atomic E-state index is 0. The molecule has 3 nitrogen and oxygen atoms in total. The van der Waals surface area contributed by atoms with Gasteiger partial charge in [0.1, 0.15) is 0 Å². The first-order chi connectivity index (χ1) is 6.24. The number of nitrogens with zero attached hydrogens (tertiary/aromatic N) is 1. The van der Waals surface area contributed by atoms with Crippen LogP contribution in [0.1, 0.15) is 24.4 Å². The summed E-state index contributed by atoms with van der Waals surface area (Å²) in [6.45, 7) is 0.190. The van der Waals surface area contributed by atoms with Gasteiger partial charge >= 0.3 is 0 Å². The Morgan fingerprint density at radius 3 is 2.79 bits per heavy atom. The Hall–Kier alpha value is -0.160. The highest BCUT2D eigenvalue weighted by atomic mass is 79.9. The summed E-state index contributed by atoms with van der Waals surface area (Å²) in [7, 11) is 0. The number of aromatic nitrogens is 1. The van der Waals surface area contributed by atoms with E-state index in [1.165, 1.54) is 0 Å². The first-order valence-electron chi connectivity index (χ1n) is 4.21. The van der Waals surface area contributed by atoms with E-state index in [-0.39, 0.29) is 25.1 Å². The molecule has 1 atom stereocenters. The summed E-state index contributed by atoms with van der Waals surface area (Å²) < 4.78 is 0.935. The number of pyridine rings is 1. The van der Waals surface area contributed by atoms with Gasteiger partial charge in [-0.25, -0.2) is 0 Å². The molecule has 0 radical (unpaired) electrons. The summed E-state index contributed by atoms with van der Waals surface area (Å²) in [5.74, 6) is 0. The van der Waals surface area contributed by atoms with Crippen molar-refractivity contribution in [1.29, 1.82) is 0 Å². The smallest absolute Gasteiger partial charge is 0.0431 e. The van der Waals surface area contributed by atoms with E-state index in [1.807, 2.05) is 6.07 Å². The van der Waals surface area contributed by atoms with Gasteiger partial charge in [0.05, 0.1) is 0 Å². The monoisotopic (exact) mass is 280 g/mol. The zero-order chi connectivity index (χ0) is 9.68. The van der Waals surface area contributed by atoms with Gasteiger partial charge in [0.25, 0.3) is 0 Å². The highest BCUT2D eigenvalue weighted by Gasteiger charge is 2.05. The number of hydrogen-bond donors (Lipinski definition) is 2. The van der Waals surface area contributed by atoms with Gasteiger partial charge in [-0.15, -0.1) is 12.4 Å². The second-order valence-electron chi connectivity index (χ2n) is 2.91. The fraction of sp³-hybridized carbons (Fsp3) is 0.444. The fourth-order valence-electron chi connectivity index (χ4n) is 1.11. The molecule has 0 fully saturated rings. The fourth-order valence-corrected chi connectivity index (χ4v) is 1.49. The Bertz CT molecular complexity index is 273. The Morgan fingerprint density at radius 2 is 2.21 bits per heavy atom. The van der Waals surface area contributed by atoms with Crippen molar-refractivity contribution in [1.82, 2.24) is 4.98 Å². The standard InChI is InChI=1S/C9H13BrN2O.ClH/c10-8-4-7(5-12-6-8)9(11)2-1-3-13;/h4-6,9,13H,1-3,11H2;1H/t9-;/m1./s1. The second kappa shape index (κ2) is 7.17. The number of hydrogen-bond acceptors (Lipinski definition) is 3.